The maximum atomic E-state index is 13.6. The third kappa shape index (κ3) is 3.12. The SMILES string of the molecule is CCc1cc(CNc2cc(Br)c(F)cc2F)n(C)n1. The van der Waals surface area contributed by atoms with E-state index in [4.69, 9.17) is 0 Å². The lowest BCUT2D eigenvalue weighted by molar-refractivity contribution is 0.580. The summed E-state index contributed by atoms with van der Waals surface area (Å²) in [4.78, 5) is 0. The van der Waals surface area contributed by atoms with E-state index in [9.17, 15) is 8.78 Å². The highest BCUT2D eigenvalue weighted by Crippen LogP contribution is 2.24. The number of hydrogen-bond donors (Lipinski definition) is 1. The average molecular weight is 330 g/mol. The van der Waals surface area contributed by atoms with Crippen molar-refractivity contribution in [3.8, 4) is 0 Å². The molecule has 1 aromatic carbocycles. The van der Waals surface area contributed by atoms with Crippen molar-refractivity contribution < 1.29 is 8.78 Å². The highest BCUT2D eigenvalue weighted by Gasteiger charge is 2.09. The van der Waals surface area contributed by atoms with Crippen LogP contribution in [-0.4, -0.2) is 9.78 Å². The quantitative estimate of drug-likeness (QED) is 0.868. The molecule has 102 valence electrons. The normalized spacial score (nSPS) is 10.8. The second-order valence-electron chi connectivity index (χ2n) is 4.20. The largest absolute Gasteiger partial charge is 0.377 e. The minimum Gasteiger partial charge on any atom is -0.377 e. The molecule has 0 aliphatic heterocycles. The van der Waals surface area contributed by atoms with Crippen molar-refractivity contribution in [2.75, 3.05) is 5.32 Å². The maximum Gasteiger partial charge on any atom is 0.149 e. The van der Waals surface area contributed by atoms with Crippen molar-refractivity contribution in [3.05, 3.63) is 45.7 Å². The molecule has 0 unspecified atom stereocenters. The van der Waals surface area contributed by atoms with Crippen molar-refractivity contribution in [2.45, 2.75) is 19.9 Å². The average Bonchev–Trinajstić information content (AvgIpc) is 2.73. The second-order valence-corrected chi connectivity index (χ2v) is 5.06. The molecule has 0 bridgehead atoms. The van der Waals surface area contributed by atoms with Gasteiger partial charge >= 0.3 is 0 Å². The fourth-order valence-corrected chi connectivity index (χ4v) is 2.10. The standard InChI is InChI=1S/C13H14BrF2N3/c1-3-8-4-9(19(2)18-8)7-17-13-5-10(14)11(15)6-12(13)16/h4-6,17H,3,7H2,1-2H3. The summed E-state index contributed by atoms with van der Waals surface area (Å²) in [6, 6.07) is 4.21. The highest BCUT2D eigenvalue weighted by molar-refractivity contribution is 9.10. The summed E-state index contributed by atoms with van der Waals surface area (Å²) in [5.41, 5.74) is 2.18. The summed E-state index contributed by atoms with van der Waals surface area (Å²) < 4.78 is 28.7. The first-order valence-electron chi connectivity index (χ1n) is 5.91. The minimum atomic E-state index is -0.614. The van der Waals surface area contributed by atoms with E-state index in [0.29, 0.717) is 6.54 Å². The Labute approximate surface area is 118 Å². The molecule has 0 fully saturated rings. The summed E-state index contributed by atoms with van der Waals surface area (Å²) in [5, 5.41) is 7.25. The third-order valence-electron chi connectivity index (χ3n) is 2.86. The molecule has 0 saturated carbocycles. The van der Waals surface area contributed by atoms with Crippen LogP contribution in [0, 0.1) is 11.6 Å². The molecule has 0 saturated heterocycles. The fourth-order valence-electron chi connectivity index (χ4n) is 1.75. The van der Waals surface area contributed by atoms with Crippen LogP contribution < -0.4 is 5.32 Å². The van der Waals surface area contributed by atoms with E-state index in [2.05, 4.69) is 26.3 Å². The Hall–Kier alpha value is -1.43. The summed E-state index contributed by atoms with van der Waals surface area (Å²) in [7, 11) is 1.84. The first kappa shape index (κ1) is 14.0. The number of anilines is 1. The molecule has 6 heteroatoms. The zero-order valence-electron chi connectivity index (χ0n) is 10.7. The topological polar surface area (TPSA) is 29.9 Å². The van der Waals surface area contributed by atoms with Crippen molar-refractivity contribution in [1.82, 2.24) is 9.78 Å². The van der Waals surface area contributed by atoms with Crippen LogP contribution >= 0.6 is 15.9 Å². The van der Waals surface area contributed by atoms with Gasteiger partial charge in [0, 0.05) is 13.1 Å². The van der Waals surface area contributed by atoms with Gasteiger partial charge < -0.3 is 5.32 Å². The van der Waals surface area contributed by atoms with Crippen LogP contribution in [0.4, 0.5) is 14.5 Å². The van der Waals surface area contributed by atoms with Crippen molar-refractivity contribution >= 4 is 21.6 Å². The fraction of sp³-hybridized carbons (Fsp3) is 0.308. The van der Waals surface area contributed by atoms with Gasteiger partial charge in [-0.05, 0) is 34.5 Å². The monoisotopic (exact) mass is 329 g/mol. The molecule has 0 aliphatic carbocycles. The van der Waals surface area contributed by atoms with E-state index in [-0.39, 0.29) is 10.2 Å². The third-order valence-corrected chi connectivity index (χ3v) is 3.47. The maximum absolute atomic E-state index is 13.6. The molecule has 0 spiro atoms. The lowest BCUT2D eigenvalue weighted by Crippen LogP contribution is -2.06. The second kappa shape index (κ2) is 5.69. The van der Waals surface area contributed by atoms with Gasteiger partial charge in [0.15, 0.2) is 0 Å². The Kier molecular flexibility index (Phi) is 4.19. The van der Waals surface area contributed by atoms with Crippen molar-refractivity contribution in [2.24, 2.45) is 7.05 Å². The van der Waals surface area contributed by atoms with Gasteiger partial charge in [-0.15, -0.1) is 0 Å². The van der Waals surface area contributed by atoms with Crippen LogP contribution in [0.5, 0.6) is 0 Å². The predicted octanol–water partition coefficient (Wildman–Crippen LogP) is 3.64. The smallest absolute Gasteiger partial charge is 0.149 e. The molecule has 2 aromatic rings. The van der Waals surface area contributed by atoms with Gasteiger partial charge in [-0.3, -0.25) is 4.68 Å². The minimum absolute atomic E-state index is 0.232. The Bertz CT molecular complexity index is 596. The molecule has 0 radical (unpaired) electrons. The summed E-state index contributed by atoms with van der Waals surface area (Å²) in [6.45, 7) is 2.45. The van der Waals surface area contributed by atoms with Crippen LogP contribution in [0.1, 0.15) is 18.3 Å². The van der Waals surface area contributed by atoms with Gasteiger partial charge in [-0.2, -0.15) is 5.10 Å². The van der Waals surface area contributed by atoms with Crippen LogP contribution in [-0.2, 0) is 20.0 Å². The van der Waals surface area contributed by atoms with Crippen molar-refractivity contribution in [3.63, 3.8) is 0 Å². The van der Waals surface area contributed by atoms with Crippen molar-refractivity contribution in [1.29, 1.82) is 0 Å². The van der Waals surface area contributed by atoms with E-state index >= 15 is 0 Å². The van der Waals surface area contributed by atoms with Gasteiger partial charge in [0.2, 0.25) is 0 Å². The summed E-state index contributed by atoms with van der Waals surface area (Å²) in [5.74, 6) is -1.23. The van der Waals surface area contributed by atoms with E-state index < -0.39 is 11.6 Å². The number of hydrogen-bond acceptors (Lipinski definition) is 2. The van der Waals surface area contributed by atoms with Crippen LogP contribution in [0.3, 0.4) is 0 Å². The first-order valence-corrected chi connectivity index (χ1v) is 6.70. The van der Waals surface area contributed by atoms with Gasteiger partial charge in [0.25, 0.3) is 0 Å². The molecule has 0 atom stereocenters. The highest BCUT2D eigenvalue weighted by atomic mass is 79.9. The lowest BCUT2D eigenvalue weighted by atomic mass is 10.2. The molecule has 1 aromatic heterocycles. The Morgan fingerprint density at radius 1 is 1.26 bits per heavy atom. The molecular weight excluding hydrogens is 316 g/mol. The molecule has 1 N–H and O–H groups in total. The van der Waals surface area contributed by atoms with Crippen LogP contribution in [0.2, 0.25) is 0 Å². The Morgan fingerprint density at radius 3 is 2.63 bits per heavy atom. The molecule has 19 heavy (non-hydrogen) atoms. The van der Waals surface area contributed by atoms with E-state index in [1.165, 1.54) is 6.07 Å². The Balaban J connectivity index is 2.14. The van der Waals surface area contributed by atoms with Gasteiger partial charge in [0.1, 0.15) is 11.6 Å². The van der Waals surface area contributed by atoms with E-state index in [1.807, 2.05) is 20.0 Å². The number of rotatable bonds is 4. The number of halogens is 3. The van der Waals surface area contributed by atoms with Gasteiger partial charge in [0.05, 0.1) is 28.1 Å². The van der Waals surface area contributed by atoms with E-state index in [1.54, 1.807) is 4.68 Å². The van der Waals surface area contributed by atoms with Gasteiger partial charge in [-0.1, -0.05) is 6.92 Å². The molecule has 0 aliphatic rings. The number of aromatic nitrogens is 2. The number of nitrogens with zero attached hydrogens (tertiary/aromatic N) is 2. The Morgan fingerprint density at radius 2 is 2.00 bits per heavy atom. The van der Waals surface area contributed by atoms with Crippen LogP contribution in [0.15, 0.2) is 22.7 Å². The van der Waals surface area contributed by atoms with Crippen LogP contribution in [0.25, 0.3) is 0 Å². The number of benzene rings is 1. The first-order chi connectivity index (χ1) is 9.01. The molecule has 0 amide bonds. The zero-order chi connectivity index (χ0) is 14.0. The summed E-state index contributed by atoms with van der Waals surface area (Å²) >= 11 is 3.04. The molecule has 1 heterocycles. The number of aryl methyl sites for hydroxylation is 2. The lowest BCUT2D eigenvalue weighted by Gasteiger charge is -2.08. The predicted molar refractivity (Wildman–Crippen MR) is 74.0 cm³/mol. The molecule has 2 rings (SSSR count). The molecule has 3 nitrogen and oxygen atoms in total. The number of nitrogens with one attached hydrogen (secondary N) is 1. The zero-order valence-corrected chi connectivity index (χ0v) is 12.3. The molecular formula is C13H14BrF2N3. The van der Waals surface area contributed by atoms with Gasteiger partial charge in [-0.25, -0.2) is 8.78 Å². The summed E-state index contributed by atoms with van der Waals surface area (Å²) in [6.07, 6.45) is 0.851. The van der Waals surface area contributed by atoms with E-state index in [0.717, 1.165) is 23.9 Å².